The molecule has 0 bridgehead atoms. The molecule has 1 aromatic carbocycles. The third kappa shape index (κ3) is 5.46. The summed E-state index contributed by atoms with van der Waals surface area (Å²) >= 11 is 0. The van der Waals surface area contributed by atoms with Crippen molar-refractivity contribution in [2.45, 2.75) is 19.4 Å². The number of ether oxygens (including phenoxy) is 3. The Balaban J connectivity index is 2.47. The minimum Gasteiger partial charge on any atom is -0.493 e. The predicted octanol–water partition coefficient (Wildman–Crippen LogP) is 1.80. The van der Waals surface area contributed by atoms with Crippen LogP contribution in [0.2, 0.25) is 0 Å². The molecule has 5 heteroatoms. The molecule has 0 aliphatic carbocycles. The van der Waals surface area contributed by atoms with Gasteiger partial charge in [-0.25, -0.2) is 0 Å². The van der Waals surface area contributed by atoms with E-state index in [1.807, 2.05) is 18.2 Å². The molecular weight excluding hydrogens is 246 g/mol. The van der Waals surface area contributed by atoms with Gasteiger partial charge in [0.15, 0.2) is 11.5 Å². The maximum atomic E-state index is 5.28. The number of hydroxylamine groups is 1. The zero-order valence-electron chi connectivity index (χ0n) is 12.1. The molecule has 1 atom stereocenters. The Hall–Kier alpha value is -1.30. The molecule has 0 radical (unpaired) electrons. The van der Waals surface area contributed by atoms with Crippen LogP contribution in [0.15, 0.2) is 18.2 Å². The summed E-state index contributed by atoms with van der Waals surface area (Å²) in [6.45, 7) is 3.17. The van der Waals surface area contributed by atoms with Gasteiger partial charge in [0.2, 0.25) is 0 Å². The number of methoxy groups -OCH3 is 3. The van der Waals surface area contributed by atoms with E-state index in [1.54, 1.807) is 21.3 Å². The highest BCUT2D eigenvalue weighted by Crippen LogP contribution is 2.27. The molecule has 0 spiro atoms. The van der Waals surface area contributed by atoms with Gasteiger partial charge in [-0.05, 0) is 31.0 Å². The fourth-order valence-corrected chi connectivity index (χ4v) is 1.73. The van der Waals surface area contributed by atoms with Gasteiger partial charge in [-0.1, -0.05) is 6.07 Å². The summed E-state index contributed by atoms with van der Waals surface area (Å²) in [6, 6.07) is 6.11. The van der Waals surface area contributed by atoms with Crippen molar-refractivity contribution < 1.29 is 19.0 Å². The van der Waals surface area contributed by atoms with Gasteiger partial charge in [-0.2, -0.15) is 5.48 Å². The third-order valence-corrected chi connectivity index (χ3v) is 2.66. The summed E-state index contributed by atoms with van der Waals surface area (Å²) in [5.41, 5.74) is 4.14. The maximum Gasteiger partial charge on any atom is 0.160 e. The smallest absolute Gasteiger partial charge is 0.160 e. The molecule has 0 aromatic heterocycles. The van der Waals surface area contributed by atoms with Gasteiger partial charge >= 0.3 is 0 Å². The second-order valence-electron chi connectivity index (χ2n) is 4.25. The van der Waals surface area contributed by atoms with Crippen LogP contribution in [0.3, 0.4) is 0 Å². The first-order chi connectivity index (χ1) is 9.21. The Bertz CT molecular complexity index is 370. The normalized spacial score (nSPS) is 12.2. The Kier molecular flexibility index (Phi) is 7.25. The first-order valence-corrected chi connectivity index (χ1v) is 6.28. The lowest BCUT2D eigenvalue weighted by molar-refractivity contribution is -0.00864. The summed E-state index contributed by atoms with van der Waals surface area (Å²) < 4.78 is 15.4. The molecule has 0 aliphatic rings. The van der Waals surface area contributed by atoms with Crippen molar-refractivity contribution in [3.8, 4) is 11.5 Å². The van der Waals surface area contributed by atoms with Crippen LogP contribution in [0.5, 0.6) is 11.5 Å². The zero-order valence-corrected chi connectivity index (χ0v) is 12.1. The van der Waals surface area contributed by atoms with Crippen LogP contribution in [0.4, 0.5) is 0 Å². The van der Waals surface area contributed by atoms with E-state index in [2.05, 4.69) is 12.4 Å². The first-order valence-electron chi connectivity index (χ1n) is 6.28. The van der Waals surface area contributed by atoms with E-state index in [0.29, 0.717) is 13.2 Å². The third-order valence-electron chi connectivity index (χ3n) is 2.66. The largest absolute Gasteiger partial charge is 0.493 e. The van der Waals surface area contributed by atoms with Crippen LogP contribution < -0.4 is 15.0 Å². The Morgan fingerprint density at radius 1 is 1.05 bits per heavy atom. The lowest BCUT2D eigenvalue weighted by atomic mass is 10.1. The van der Waals surface area contributed by atoms with Crippen LogP contribution in [0.1, 0.15) is 12.5 Å². The highest BCUT2D eigenvalue weighted by atomic mass is 16.7. The van der Waals surface area contributed by atoms with Crippen molar-refractivity contribution in [1.29, 1.82) is 0 Å². The van der Waals surface area contributed by atoms with Gasteiger partial charge < -0.3 is 14.2 Å². The van der Waals surface area contributed by atoms with Crippen LogP contribution in [0, 0.1) is 0 Å². The molecular formula is C14H23NO4. The molecule has 0 fully saturated rings. The summed E-state index contributed by atoms with van der Waals surface area (Å²) in [4.78, 5) is 5.28. The van der Waals surface area contributed by atoms with E-state index >= 15 is 0 Å². The summed E-state index contributed by atoms with van der Waals surface area (Å²) in [6.07, 6.45) is 0.841. The predicted molar refractivity (Wildman–Crippen MR) is 73.7 cm³/mol. The maximum absolute atomic E-state index is 5.28. The second kappa shape index (κ2) is 8.74. The fourth-order valence-electron chi connectivity index (χ4n) is 1.73. The molecule has 0 aliphatic heterocycles. The molecule has 19 heavy (non-hydrogen) atoms. The Morgan fingerprint density at radius 2 is 1.79 bits per heavy atom. The van der Waals surface area contributed by atoms with Crippen molar-refractivity contribution in [3.63, 3.8) is 0 Å². The van der Waals surface area contributed by atoms with Crippen LogP contribution in [-0.4, -0.2) is 40.6 Å². The van der Waals surface area contributed by atoms with E-state index in [0.717, 1.165) is 23.5 Å². The SMILES string of the molecule is COCCONC(C)Cc1ccc(OC)c(OC)c1. The highest BCUT2D eigenvalue weighted by Gasteiger charge is 2.08. The van der Waals surface area contributed by atoms with Crippen molar-refractivity contribution in [2.75, 3.05) is 34.5 Å². The molecule has 1 unspecified atom stereocenters. The van der Waals surface area contributed by atoms with E-state index in [4.69, 9.17) is 19.0 Å². The average molecular weight is 269 g/mol. The van der Waals surface area contributed by atoms with E-state index < -0.39 is 0 Å². The minimum absolute atomic E-state index is 0.204. The molecule has 1 rings (SSSR count). The molecule has 5 nitrogen and oxygen atoms in total. The van der Waals surface area contributed by atoms with Crippen molar-refractivity contribution in [2.24, 2.45) is 0 Å². The highest BCUT2D eigenvalue weighted by molar-refractivity contribution is 5.43. The number of hydrogen-bond donors (Lipinski definition) is 1. The lowest BCUT2D eigenvalue weighted by Gasteiger charge is -2.15. The number of nitrogens with one attached hydrogen (secondary N) is 1. The van der Waals surface area contributed by atoms with Gasteiger partial charge in [-0.15, -0.1) is 0 Å². The van der Waals surface area contributed by atoms with Crippen molar-refractivity contribution in [3.05, 3.63) is 23.8 Å². The molecule has 108 valence electrons. The second-order valence-corrected chi connectivity index (χ2v) is 4.25. The van der Waals surface area contributed by atoms with E-state index in [-0.39, 0.29) is 6.04 Å². The van der Waals surface area contributed by atoms with Gasteiger partial charge in [0, 0.05) is 13.2 Å². The number of hydrogen-bond acceptors (Lipinski definition) is 5. The topological polar surface area (TPSA) is 49.0 Å². The zero-order chi connectivity index (χ0) is 14.1. The van der Waals surface area contributed by atoms with Crippen LogP contribution in [0.25, 0.3) is 0 Å². The fraction of sp³-hybridized carbons (Fsp3) is 0.571. The molecule has 0 saturated heterocycles. The first kappa shape index (κ1) is 15.8. The number of rotatable bonds is 9. The molecule has 0 saturated carbocycles. The van der Waals surface area contributed by atoms with Crippen molar-refractivity contribution >= 4 is 0 Å². The lowest BCUT2D eigenvalue weighted by Crippen LogP contribution is -2.29. The van der Waals surface area contributed by atoms with Crippen LogP contribution in [-0.2, 0) is 16.0 Å². The molecule has 1 aromatic rings. The number of benzene rings is 1. The summed E-state index contributed by atoms with van der Waals surface area (Å²) in [5.74, 6) is 1.48. The van der Waals surface area contributed by atoms with Crippen LogP contribution >= 0.6 is 0 Å². The van der Waals surface area contributed by atoms with Gasteiger partial charge in [0.1, 0.15) is 0 Å². The quantitative estimate of drug-likeness (QED) is 0.547. The Labute approximate surface area is 114 Å². The molecule has 0 heterocycles. The van der Waals surface area contributed by atoms with Crippen molar-refractivity contribution in [1.82, 2.24) is 5.48 Å². The summed E-state index contributed by atoms with van der Waals surface area (Å²) in [7, 11) is 4.92. The molecule has 1 N–H and O–H groups in total. The summed E-state index contributed by atoms with van der Waals surface area (Å²) in [5, 5.41) is 0. The van der Waals surface area contributed by atoms with E-state index in [9.17, 15) is 0 Å². The Morgan fingerprint density at radius 3 is 2.42 bits per heavy atom. The van der Waals surface area contributed by atoms with Gasteiger partial charge in [-0.3, -0.25) is 4.84 Å². The van der Waals surface area contributed by atoms with Gasteiger partial charge in [0.25, 0.3) is 0 Å². The van der Waals surface area contributed by atoms with Gasteiger partial charge in [0.05, 0.1) is 27.4 Å². The average Bonchev–Trinajstić information content (AvgIpc) is 2.43. The standard InChI is InChI=1S/C14H23NO4/c1-11(15-19-8-7-16-2)9-12-5-6-13(17-3)14(10-12)18-4/h5-6,10-11,15H,7-9H2,1-4H3. The molecule has 0 amide bonds. The minimum atomic E-state index is 0.204. The monoisotopic (exact) mass is 269 g/mol. The van der Waals surface area contributed by atoms with E-state index in [1.165, 1.54) is 0 Å².